The summed E-state index contributed by atoms with van der Waals surface area (Å²) >= 11 is 6.82. The number of rotatable bonds is 5. The quantitative estimate of drug-likeness (QED) is 0.433. The van der Waals surface area contributed by atoms with E-state index in [2.05, 4.69) is 4.85 Å². The van der Waals surface area contributed by atoms with E-state index in [4.69, 9.17) is 23.5 Å². The zero-order valence-corrected chi connectivity index (χ0v) is 15.5. The summed E-state index contributed by atoms with van der Waals surface area (Å²) < 4.78 is 5.52. The van der Waals surface area contributed by atoms with Crippen molar-refractivity contribution in [1.29, 1.82) is 0 Å². The number of carbonyl (C=O) groups is 1. The van der Waals surface area contributed by atoms with Crippen molar-refractivity contribution in [1.82, 2.24) is 0 Å². The van der Waals surface area contributed by atoms with Crippen LogP contribution in [0.1, 0.15) is 25.8 Å². The summed E-state index contributed by atoms with van der Waals surface area (Å²) in [6.07, 6.45) is 0.390. The zero-order chi connectivity index (χ0) is 17.7. The highest BCUT2D eigenvalue weighted by Crippen LogP contribution is 2.30. The second-order valence-electron chi connectivity index (χ2n) is 6.11. The maximum absolute atomic E-state index is 12.1. The van der Waals surface area contributed by atoms with Gasteiger partial charge in [0.15, 0.2) is 0 Å². The molecule has 0 spiro atoms. The first-order valence-electron chi connectivity index (χ1n) is 7.52. The third-order valence-corrected chi connectivity index (χ3v) is 5.30. The van der Waals surface area contributed by atoms with Gasteiger partial charge in [0.2, 0.25) is 5.54 Å². The van der Waals surface area contributed by atoms with E-state index >= 15 is 0 Å². The number of benzene rings is 2. The largest absolute Gasteiger partial charge is 0.468 e. The topological polar surface area (TPSA) is 30.7 Å². The monoisotopic (exact) mass is 357 g/mol. The molecule has 1 unspecified atom stereocenters. The molecule has 0 aliphatic rings. The standard InChI is InChI=1S/C19H19NO2S2/c1-19(2,20-3)12-16(17(21)22-4)24-18(23)15-10-9-13-7-5-6-8-14(13)11-15/h5-11,16H,12H2,1-2,4H3. The Morgan fingerprint density at radius 2 is 1.96 bits per heavy atom. The maximum atomic E-state index is 12.1. The molecule has 124 valence electrons. The number of thioether (sulfide) groups is 1. The van der Waals surface area contributed by atoms with E-state index in [9.17, 15) is 4.79 Å². The van der Waals surface area contributed by atoms with Crippen molar-refractivity contribution in [3.63, 3.8) is 0 Å². The number of carbonyl (C=O) groups excluding carboxylic acids is 1. The van der Waals surface area contributed by atoms with Crippen molar-refractivity contribution in [3.8, 4) is 0 Å². The number of thiocarbonyl (C=S) groups is 1. The summed E-state index contributed by atoms with van der Waals surface area (Å²) in [7, 11) is 1.36. The summed E-state index contributed by atoms with van der Waals surface area (Å²) in [6.45, 7) is 10.9. The fourth-order valence-electron chi connectivity index (χ4n) is 2.32. The second kappa shape index (κ2) is 7.78. The lowest BCUT2D eigenvalue weighted by atomic mass is 9.99. The molecule has 0 N–H and O–H groups in total. The molecule has 2 aromatic rings. The smallest absolute Gasteiger partial charge is 0.319 e. The number of fused-ring (bicyclic) bond motifs is 1. The lowest BCUT2D eigenvalue weighted by Gasteiger charge is -2.19. The molecule has 1 atom stereocenters. The van der Waals surface area contributed by atoms with Gasteiger partial charge in [0.25, 0.3) is 0 Å². The van der Waals surface area contributed by atoms with Gasteiger partial charge in [-0.15, -0.1) is 0 Å². The van der Waals surface area contributed by atoms with Crippen LogP contribution in [0.4, 0.5) is 0 Å². The first-order valence-corrected chi connectivity index (χ1v) is 8.81. The van der Waals surface area contributed by atoms with Gasteiger partial charge < -0.3 is 9.58 Å². The first kappa shape index (κ1) is 18.4. The zero-order valence-electron chi connectivity index (χ0n) is 13.9. The van der Waals surface area contributed by atoms with Gasteiger partial charge in [-0.25, -0.2) is 6.57 Å². The third kappa shape index (κ3) is 4.56. The average molecular weight is 358 g/mol. The molecule has 5 heteroatoms. The van der Waals surface area contributed by atoms with Gasteiger partial charge in [-0.3, -0.25) is 4.79 Å². The summed E-state index contributed by atoms with van der Waals surface area (Å²) in [4.78, 5) is 15.7. The van der Waals surface area contributed by atoms with Crippen molar-refractivity contribution in [3.05, 3.63) is 59.4 Å². The molecule has 3 nitrogen and oxygen atoms in total. The summed E-state index contributed by atoms with van der Waals surface area (Å²) in [5, 5.41) is 1.76. The van der Waals surface area contributed by atoms with E-state index in [0.29, 0.717) is 10.6 Å². The molecular weight excluding hydrogens is 338 g/mol. The average Bonchev–Trinajstić information content (AvgIpc) is 2.59. The molecule has 0 aromatic heterocycles. The second-order valence-corrected chi connectivity index (χ2v) is 7.99. The fraction of sp³-hybridized carbons (Fsp3) is 0.316. The van der Waals surface area contributed by atoms with Gasteiger partial charge >= 0.3 is 5.97 Å². The molecule has 0 aliphatic heterocycles. The SMILES string of the molecule is [C-]#[N+]C(C)(C)CC(SC(=S)c1ccc2ccccc2c1)C(=O)OC. The summed E-state index contributed by atoms with van der Waals surface area (Å²) in [6, 6.07) is 14.1. The molecule has 0 heterocycles. The van der Waals surface area contributed by atoms with Crippen LogP contribution < -0.4 is 0 Å². The molecule has 0 saturated carbocycles. The van der Waals surface area contributed by atoms with Gasteiger partial charge in [-0.05, 0) is 22.4 Å². The number of methoxy groups -OCH3 is 1. The number of hydrogen-bond acceptors (Lipinski definition) is 4. The van der Waals surface area contributed by atoms with E-state index in [1.165, 1.54) is 18.9 Å². The highest BCUT2D eigenvalue weighted by molar-refractivity contribution is 8.24. The van der Waals surface area contributed by atoms with E-state index in [0.717, 1.165) is 16.3 Å². The minimum Gasteiger partial charge on any atom is -0.468 e. The molecule has 0 saturated heterocycles. The van der Waals surface area contributed by atoms with Crippen LogP contribution in [0.5, 0.6) is 0 Å². The minimum atomic E-state index is -0.634. The Bertz CT molecular complexity index is 808. The summed E-state index contributed by atoms with van der Waals surface area (Å²) in [5.74, 6) is -0.347. The highest BCUT2D eigenvalue weighted by Gasteiger charge is 2.34. The Morgan fingerprint density at radius 1 is 1.29 bits per heavy atom. The Morgan fingerprint density at radius 3 is 2.58 bits per heavy atom. The number of esters is 1. The first-order chi connectivity index (χ1) is 11.4. The lowest BCUT2D eigenvalue weighted by molar-refractivity contribution is -0.140. The van der Waals surface area contributed by atoms with E-state index in [-0.39, 0.29) is 5.97 Å². The highest BCUT2D eigenvalue weighted by atomic mass is 32.2. The lowest BCUT2D eigenvalue weighted by Crippen LogP contribution is -2.29. The Balaban J connectivity index is 2.22. The van der Waals surface area contributed by atoms with Crippen LogP contribution in [-0.4, -0.2) is 28.1 Å². The van der Waals surface area contributed by atoms with Gasteiger partial charge in [0.05, 0.1) is 11.3 Å². The number of hydrogen-bond donors (Lipinski definition) is 0. The third-order valence-electron chi connectivity index (χ3n) is 3.69. The molecule has 0 fully saturated rings. The molecule has 0 bridgehead atoms. The molecule has 0 amide bonds. The van der Waals surface area contributed by atoms with Crippen LogP contribution in [0, 0.1) is 6.57 Å². The van der Waals surface area contributed by atoms with E-state index in [1.807, 2.05) is 56.3 Å². The predicted octanol–water partition coefficient (Wildman–Crippen LogP) is 4.88. The van der Waals surface area contributed by atoms with Crippen LogP contribution in [-0.2, 0) is 9.53 Å². The summed E-state index contributed by atoms with van der Waals surface area (Å²) in [5.41, 5.74) is 0.272. The molecule has 24 heavy (non-hydrogen) atoms. The van der Waals surface area contributed by atoms with Crippen molar-refractivity contribution >= 4 is 44.9 Å². The van der Waals surface area contributed by atoms with E-state index in [1.54, 1.807) is 0 Å². The number of ether oxygens (including phenoxy) is 1. The molecule has 2 aromatic carbocycles. The van der Waals surface area contributed by atoms with Crippen molar-refractivity contribution in [2.24, 2.45) is 0 Å². The molecule has 0 radical (unpaired) electrons. The van der Waals surface area contributed by atoms with Crippen molar-refractivity contribution in [2.45, 2.75) is 31.1 Å². The van der Waals surface area contributed by atoms with Crippen molar-refractivity contribution in [2.75, 3.05) is 7.11 Å². The fourth-order valence-corrected chi connectivity index (χ4v) is 4.00. The van der Waals surface area contributed by atoms with Crippen molar-refractivity contribution < 1.29 is 9.53 Å². The van der Waals surface area contributed by atoms with Crippen LogP contribution in [0.15, 0.2) is 42.5 Å². The Hall–Kier alpha value is -1.90. The van der Waals surface area contributed by atoms with E-state index < -0.39 is 10.8 Å². The number of nitrogens with zero attached hydrogens (tertiary/aromatic N) is 1. The van der Waals surface area contributed by atoms with Gasteiger partial charge in [-0.1, -0.05) is 60.4 Å². The molecular formula is C19H19NO2S2. The predicted molar refractivity (Wildman–Crippen MR) is 104 cm³/mol. The maximum Gasteiger partial charge on any atom is 0.319 e. The van der Waals surface area contributed by atoms with Crippen LogP contribution in [0.2, 0.25) is 0 Å². The van der Waals surface area contributed by atoms with Crippen LogP contribution >= 0.6 is 24.0 Å². The van der Waals surface area contributed by atoms with Gasteiger partial charge in [-0.2, -0.15) is 0 Å². The Kier molecular flexibility index (Phi) is 5.98. The van der Waals surface area contributed by atoms with Crippen LogP contribution in [0.3, 0.4) is 0 Å². The molecule has 0 aliphatic carbocycles. The molecule has 2 rings (SSSR count). The van der Waals surface area contributed by atoms with Crippen LogP contribution in [0.25, 0.3) is 15.6 Å². The van der Waals surface area contributed by atoms with Gasteiger partial charge in [0, 0.05) is 20.3 Å². The normalized spacial score (nSPS) is 12.4. The van der Waals surface area contributed by atoms with Gasteiger partial charge in [0.1, 0.15) is 5.25 Å². The Labute approximate surface area is 152 Å². The minimum absolute atomic E-state index is 0.347.